The first-order valence-electron chi connectivity index (χ1n) is 4.21. The average molecular weight is 285 g/mol. The summed E-state index contributed by atoms with van der Waals surface area (Å²) in [5.41, 5.74) is 7.49. The molecule has 2 aromatic rings. The molecule has 0 radical (unpaired) electrons. The minimum Gasteiger partial charge on any atom is -0.383 e. The van der Waals surface area contributed by atoms with Crippen molar-refractivity contribution in [3.63, 3.8) is 0 Å². The van der Waals surface area contributed by atoms with E-state index >= 15 is 0 Å². The summed E-state index contributed by atoms with van der Waals surface area (Å²) in [5, 5.41) is 0.161. The maximum atomic E-state index is 5.74. The monoisotopic (exact) mass is 283 g/mol. The highest BCUT2D eigenvalue weighted by Crippen LogP contribution is 2.25. The van der Waals surface area contributed by atoms with Crippen molar-refractivity contribution in [1.82, 2.24) is 9.97 Å². The predicted octanol–water partition coefficient (Wildman–Crippen LogP) is 3.14. The second kappa shape index (κ2) is 4.16. The molecule has 15 heavy (non-hydrogen) atoms. The van der Waals surface area contributed by atoms with E-state index in [1.165, 1.54) is 0 Å². The summed E-state index contributed by atoms with van der Waals surface area (Å²) in [6.45, 7) is 0. The van der Waals surface area contributed by atoms with Gasteiger partial charge in [-0.05, 0) is 29.3 Å². The molecule has 0 atom stereocenters. The van der Waals surface area contributed by atoms with E-state index in [0.29, 0.717) is 5.82 Å². The van der Waals surface area contributed by atoms with E-state index in [1.807, 2.05) is 24.3 Å². The summed E-state index contributed by atoms with van der Waals surface area (Å²) in [6, 6.07) is 7.74. The van der Waals surface area contributed by atoms with Crippen molar-refractivity contribution in [2.45, 2.75) is 0 Å². The van der Waals surface area contributed by atoms with E-state index in [0.717, 1.165) is 15.6 Å². The van der Waals surface area contributed by atoms with Gasteiger partial charge in [0.1, 0.15) is 5.82 Å². The van der Waals surface area contributed by atoms with Crippen LogP contribution in [0.2, 0.25) is 5.28 Å². The molecule has 0 aliphatic heterocycles. The van der Waals surface area contributed by atoms with Crippen LogP contribution >= 0.6 is 27.5 Å². The molecule has 0 bridgehead atoms. The number of rotatable bonds is 1. The number of aromatic nitrogens is 2. The van der Waals surface area contributed by atoms with Gasteiger partial charge in [0.15, 0.2) is 0 Å². The van der Waals surface area contributed by atoms with Crippen LogP contribution in [-0.2, 0) is 0 Å². The van der Waals surface area contributed by atoms with Gasteiger partial charge in [0, 0.05) is 16.2 Å². The molecule has 3 nitrogen and oxygen atoms in total. The lowest BCUT2D eigenvalue weighted by molar-refractivity contribution is 1.18. The van der Waals surface area contributed by atoms with Gasteiger partial charge in [0.2, 0.25) is 5.28 Å². The predicted molar refractivity (Wildman–Crippen MR) is 64.6 cm³/mol. The van der Waals surface area contributed by atoms with Gasteiger partial charge in [-0.2, -0.15) is 0 Å². The minimum absolute atomic E-state index is 0.161. The lowest BCUT2D eigenvalue weighted by Crippen LogP contribution is -1.96. The molecular weight excluding hydrogens is 277 g/mol. The summed E-state index contributed by atoms with van der Waals surface area (Å²) in [5.74, 6) is 0.386. The average Bonchev–Trinajstić information content (AvgIpc) is 2.20. The van der Waals surface area contributed by atoms with Crippen LogP contribution < -0.4 is 5.73 Å². The Hall–Kier alpha value is -1.13. The second-order valence-corrected chi connectivity index (χ2v) is 4.20. The number of benzene rings is 1. The zero-order chi connectivity index (χ0) is 10.8. The quantitative estimate of drug-likeness (QED) is 0.819. The lowest BCUT2D eigenvalue weighted by Gasteiger charge is -2.04. The Morgan fingerprint density at radius 1 is 1.20 bits per heavy atom. The SMILES string of the molecule is Nc1nc(Cl)ncc1-c1ccc(Br)cc1. The first-order chi connectivity index (χ1) is 7.16. The van der Waals surface area contributed by atoms with Crippen molar-refractivity contribution in [2.75, 3.05) is 5.73 Å². The fraction of sp³-hybridized carbons (Fsp3) is 0. The van der Waals surface area contributed by atoms with Gasteiger partial charge in [-0.3, -0.25) is 0 Å². The molecule has 1 aromatic heterocycles. The number of anilines is 1. The van der Waals surface area contributed by atoms with E-state index in [-0.39, 0.29) is 5.28 Å². The molecule has 0 aliphatic carbocycles. The maximum absolute atomic E-state index is 5.74. The molecule has 5 heteroatoms. The topological polar surface area (TPSA) is 51.8 Å². The number of halogens is 2. The van der Waals surface area contributed by atoms with Crippen LogP contribution in [0.1, 0.15) is 0 Å². The standard InChI is InChI=1S/C10H7BrClN3/c11-7-3-1-6(2-4-7)8-5-14-10(12)15-9(8)13/h1-5H,(H2,13,14,15). The molecule has 0 aliphatic rings. The summed E-state index contributed by atoms with van der Waals surface area (Å²) >= 11 is 8.98. The Morgan fingerprint density at radius 2 is 1.87 bits per heavy atom. The molecule has 2 N–H and O–H groups in total. The van der Waals surface area contributed by atoms with Crippen LogP contribution in [0.5, 0.6) is 0 Å². The normalized spacial score (nSPS) is 10.3. The molecule has 0 amide bonds. The third-order valence-electron chi connectivity index (χ3n) is 1.94. The third-order valence-corrected chi connectivity index (χ3v) is 2.65. The molecule has 0 saturated carbocycles. The highest BCUT2D eigenvalue weighted by atomic mass is 79.9. The van der Waals surface area contributed by atoms with Crippen LogP contribution in [0.25, 0.3) is 11.1 Å². The summed E-state index contributed by atoms with van der Waals surface area (Å²) in [4.78, 5) is 7.79. The molecular formula is C10H7BrClN3. The molecule has 0 spiro atoms. The molecule has 0 fully saturated rings. The number of hydrogen-bond donors (Lipinski definition) is 1. The van der Waals surface area contributed by atoms with E-state index in [2.05, 4.69) is 25.9 Å². The highest BCUT2D eigenvalue weighted by Gasteiger charge is 2.04. The molecule has 1 heterocycles. The van der Waals surface area contributed by atoms with E-state index in [1.54, 1.807) is 6.20 Å². The summed E-state index contributed by atoms with van der Waals surface area (Å²) in [7, 11) is 0. The Bertz CT molecular complexity index is 485. The van der Waals surface area contributed by atoms with Gasteiger partial charge in [-0.15, -0.1) is 0 Å². The van der Waals surface area contributed by atoms with Crippen molar-refractivity contribution in [3.05, 3.63) is 40.2 Å². The van der Waals surface area contributed by atoms with Crippen molar-refractivity contribution in [2.24, 2.45) is 0 Å². The molecule has 0 unspecified atom stereocenters. The van der Waals surface area contributed by atoms with Gasteiger partial charge in [-0.1, -0.05) is 28.1 Å². The van der Waals surface area contributed by atoms with E-state index in [4.69, 9.17) is 17.3 Å². The summed E-state index contributed by atoms with van der Waals surface area (Å²) < 4.78 is 1.01. The fourth-order valence-electron chi connectivity index (χ4n) is 1.22. The van der Waals surface area contributed by atoms with Crippen LogP contribution in [0.15, 0.2) is 34.9 Å². The second-order valence-electron chi connectivity index (χ2n) is 2.94. The van der Waals surface area contributed by atoms with Crippen LogP contribution in [0.4, 0.5) is 5.82 Å². The number of nitrogens with two attached hydrogens (primary N) is 1. The van der Waals surface area contributed by atoms with Gasteiger partial charge in [-0.25, -0.2) is 9.97 Å². The van der Waals surface area contributed by atoms with Gasteiger partial charge >= 0.3 is 0 Å². The van der Waals surface area contributed by atoms with Gasteiger partial charge < -0.3 is 5.73 Å². The third kappa shape index (κ3) is 2.27. The summed E-state index contributed by atoms with van der Waals surface area (Å²) in [6.07, 6.45) is 1.62. The number of hydrogen-bond acceptors (Lipinski definition) is 3. The smallest absolute Gasteiger partial charge is 0.224 e. The van der Waals surface area contributed by atoms with Crippen LogP contribution in [0.3, 0.4) is 0 Å². The van der Waals surface area contributed by atoms with E-state index in [9.17, 15) is 0 Å². The highest BCUT2D eigenvalue weighted by molar-refractivity contribution is 9.10. The largest absolute Gasteiger partial charge is 0.383 e. The number of nitrogen functional groups attached to an aromatic ring is 1. The molecule has 0 saturated heterocycles. The number of nitrogens with zero attached hydrogens (tertiary/aromatic N) is 2. The van der Waals surface area contributed by atoms with Crippen molar-refractivity contribution < 1.29 is 0 Å². The Balaban J connectivity index is 2.49. The van der Waals surface area contributed by atoms with Crippen molar-refractivity contribution >= 4 is 33.3 Å². The Morgan fingerprint density at radius 3 is 2.47 bits per heavy atom. The molecule has 1 aromatic carbocycles. The first-order valence-corrected chi connectivity index (χ1v) is 5.38. The zero-order valence-corrected chi connectivity index (χ0v) is 9.96. The van der Waals surface area contributed by atoms with Crippen LogP contribution in [-0.4, -0.2) is 9.97 Å². The van der Waals surface area contributed by atoms with Crippen LogP contribution in [0, 0.1) is 0 Å². The van der Waals surface area contributed by atoms with Crippen molar-refractivity contribution in [3.8, 4) is 11.1 Å². The lowest BCUT2D eigenvalue weighted by atomic mass is 10.1. The maximum Gasteiger partial charge on any atom is 0.224 e. The van der Waals surface area contributed by atoms with E-state index < -0.39 is 0 Å². The fourth-order valence-corrected chi connectivity index (χ4v) is 1.63. The Labute approximate surface area is 100 Å². The first kappa shape index (κ1) is 10.4. The van der Waals surface area contributed by atoms with Gasteiger partial charge in [0.05, 0.1) is 0 Å². The minimum atomic E-state index is 0.161. The molecule has 2 rings (SSSR count). The Kier molecular flexibility index (Phi) is 2.88. The van der Waals surface area contributed by atoms with Gasteiger partial charge in [0.25, 0.3) is 0 Å². The van der Waals surface area contributed by atoms with Crippen molar-refractivity contribution in [1.29, 1.82) is 0 Å². The molecule has 76 valence electrons. The zero-order valence-electron chi connectivity index (χ0n) is 7.61.